The number of H-pyrrole nitrogens is 2. The first-order valence-corrected chi connectivity index (χ1v) is 10.5. The molecular weight excluding hydrogens is 358 g/mol. The van der Waals surface area contributed by atoms with Gasteiger partial charge in [-0.15, -0.1) is 0 Å². The average molecular weight is 386 g/mol. The van der Waals surface area contributed by atoms with Crippen LogP contribution in [-0.4, -0.2) is 38.2 Å². The Morgan fingerprint density at radius 2 is 1.90 bits per heavy atom. The summed E-state index contributed by atoms with van der Waals surface area (Å²) < 4.78 is 0. The number of hydrogen-bond acceptors (Lipinski definition) is 3. The molecule has 0 saturated heterocycles. The Labute approximate surface area is 171 Å². The van der Waals surface area contributed by atoms with Crippen LogP contribution in [0.4, 0.5) is 0 Å². The SMILES string of the molecule is Cc1cc2nc(-c3[nH]nc4c3CCN(CCCc3ccccc3)C4)[nH]c2cc1C. The smallest absolute Gasteiger partial charge is 0.156 e. The van der Waals surface area contributed by atoms with Crippen molar-refractivity contribution in [1.82, 2.24) is 25.1 Å². The molecule has 5 nitrogen and oxygen atoms in total. The van der Waals surface area contributed by atoms with E-state index in [4.69, 9.17) is 4.98 Å². The van der Waals surface area contributed by atoms with Crippen molar-refractivity contribution in [2.45, 2.75) is 39.7 Å². The molecule has 1 aliphatic rings. The van der Waals surface area contributed by atoms with Crippen molar-refractivity contribution >= 4 is 11.0 Å². The summed E-state index contributed by atoms with van der Waals surface area (Å²) in [6.45, 7) is 7.37. The zero-order valence-corrected chi connectivity index (χ0v) is 17.1. The molecule has 0 saturated carbocycles. The maximum absolute atomic E-state index is 4.83. The molecule has 0 aliphatic carbocycles. The van der Waals surface area contributed by atoms with Gasteiger partial charge in [-0.2, -0.15) is 5.10 Å². The lowest BCUT2D eigenvalue weighted by molar-refractivity contribution is 0.248. The molecule has 0 radical (unpaired) electrons. The molecule has 5 rings (SSSR count). The maximum Gasteiger partial charge on any atom is 0.156 e. The van der Waals surface area contributed by atoms with E-state index in [0.717, 1.165) is 55.0 Å². The molecule has 29 heavy (non-hydrogen) atoms. The van der Waals surface area contributed by atoms with E-state index in [9.17, 15) is 0 Å². The van der Waals surface area contributed by atoms with Crippen LogP contribution in [0.3, 0.4) is 0 Å². The lowest BCUT2D eigenvalue weighted by atomic mass is 10.0. The predicted octanol–water partition coefficient (Wildman–Crippen LogP) is 4.56. The van der Waals surface area contributed by atoms with Gasteiger partial charge in [-0.3, -0.25) is 10.00 Å². The first kappa shape index (κ1) is 18.1. The van der Waals surface area contributed by atoms with Gasteiger partial charge in [0.2, 0.25) is 0 Å². The zero-order valence-electron chi connectivity index (χ0n) is 17.1. The van der Waals surface area contributed by atoms with Crippen molar-refractivity contribution in [3.05, 3.63) is 70.4 Å². The van der Waals surface area contributed by atoms with Gasteiger partial charge in [0.05, 0.1) is 16.7 Å². The summed E-state index contributed by atoms with van der Waals surface area (Å²) in [7, 11) is 0. The quantitative estimate of drug-likeness (QED) is 0.529. The van der Waals surface area contributed by atoms with Gasteiger partial charge in [-0.25, -0.2) is 4.98 Å². The number of hydrogen-bond donors (Lipinski definition) is 2. The molecule has 2 aromatic carbocycles. The summed E-state index contributed by atoms with van der Waals surface area (Å²) in [4.78, 5) is 10.8. The molecule has 2 aromatic heterocycles. The normalized spacial score (nSPS) is 14.4. The monoisotopic (exact) mass is 385 g/mol. The summed E-state index contributed by atoms with van der Waals surface area (Å²) in [5.41, 5.74) is 9.61. The first-order chi connectivity index (χ1) is 14.2. The molecule has 0 atom stereocenters. The standard InChI is InChI=1S/C24H27N5/c1-16-13-20-21(14-17(16)2)26-24(25-20)23-19-10-12-29(15-22(19)27-28-23)11-6-9-18-7-4-3-5-8-18/h3-5,7-8,13-14H,6,9-12,15H2,1-2H3,(H,25,26)(H,27,28). The Hall–Kier alpha value is -2.92. The Morgan fingerprint density at radius 3 is 2.76 bits per heavy atom. The van der Waals surface area contributed by atoms with Crippen LogP contribution in [0, 0.1) is 13.8 Å². The molecule has 4 aromatic rings. The van der Waals surface area contributed by atoms with Crippen LogP contribution >= 0.6 is 0 Å². The minimum atomic E-state index is 0.899. The Kier molecular flexibility index (Phi) is 4.68. The molecule has 148 valence electrons. The number of aryl methyl sites for hydroxylation is 3. The number of nitrogens with zero attached hydrogens (tertiary/aromatic N) is 3. The second-order valence-electron chi connectivity index (χ2n) is 8.18. The largest absolute Gasteiger partial charge is 0.337 e. The summed E-state index contributed by atoms with van der Waals surface area (Å²) >= 11 is 0. The fourth-order valence-electron chi connectivity index (χ4n) is 4.29. The van der Waals surface area contributed by atoms with Crippen molar-refractivity contribution in [3.63, 3.8) is 0 Å². The molecule has 0 fully saturated rings. The van der Waals surface area contributed by atoms with E-state index < -0.39 is 0 Å². The third kappa shape index (κ3) is 3.58. The van der Waals surface area contributed by atoms with Crippen molar-refractivity contribution in [1.29, 1.82) is 0 Å². The third-order valence-electron chi connectivity index (χ3n) is 6.12. The molecule has 0 amide bonds. The summed E-state index contributed by atoms with van der Waals surface area (Å²) in [6.07, 6.45) is 3.33. The van der Waals surface area contributed by atoms with Gasteiger partial charge in [0, 0.05) is 18.7 Å². The van der Waals surface area contributed by atoms with Crippen molar-refractivity contribution < 1.29 is 0 Å². The molecular formula is C24H27N5. The summed E-state index contributed by atoms with van der Waals surface area (Å²) in [5.74, 6) is 0.899. The number of nitrogens with one attached hydrogen (secondary N) is 2. The Bertz CT molecular complexity index is 1100. The molecule has 0 spiro atoms. The van der Waals surface area contributed by atoms with Gasteiger partial charge in [-0.1, -0.05) is 30.3 Å². The molecule has 1 aliphatic heterocycles. The van der Waals surface area contributed by atoms with E-state index in [-0.39, 0.29) is 0 Å². The first-order valence-electron chi connectivity index (χ1n) is 10.5. The van der Waals surface area contributed by atoms with E-state index in [1.54, 1.807) is 0 Å². The average Bonchev–Trinajstić information content (AvgIpc) is 3.32. The highest BCUT2D eigenvalue weighted by molar-refractivity contribution is 5.81. The minimum Gasteiger partial charge on any atom is -0.337 e. The van der Waals surface area contributed by atoms with Crippen molar-refractivity contribution in [2.24, 2.45) is 0 Å². The predicted molar refractivity (Wildman–Crippen MR) is 117 cm³/mol. The number of fused-ring (bicyclic) bond motifs is 2. The van der Waals surface area contributed by atoms with Crippen molar-refractivity contribution in [2.75, 3.05) is 13.1 Å². The lowest BCUT2D eigenvalue weighted by Gasteiger charge is -2.26. The zero-order chi connectivity index (χ0) is 19.8. The number of rotatable bonds is 5. The maximum atomic E-state index is 4.83. The van der Waals surface area contributed by atoms with Crippen LogP contribution in [0.2, 0.25) is 0 Å². The minimum absolute atomic E-state index is 0.899. The summed E-state index contributed by atoms with van der Waals surface area (Å²) in [6, 6.07) is 15.1. The van der Waals surface area contributed by atoms with Crippen molar-refractivity contribution in [3.8, 4) is 11.5 Å². The molecule has 3 heterocycles. The van der Waals surface area contributed by atoms with Gasteiger partial charge in [0.25, 0.3) is 0 Å². The lowest BCUT2D eigenvalue weighted by Crippen LogP contribution is -2.31. The second-order valence-corrected chi connectivity index (χ2v) is 8.18. The number of imidazole rings is 1. The highest BCUT2D eigenvalue weighted by Crippen LogP contribution is 2.28. The third-order valence-corrected chi connectivity index (χ3v) is 6.12. The van der Waals surface area contributed by atoms with Crippen LogP contribution in [0.25, 0.3) is 22.6 Å². The number of benzene rings is 2. The fraction of sp³-hybridized carbons (Fsp3) is 0.333. The van der Waals surface area contributed by atoms with Crippen LogP contribution in [0.15, 0.2) is 42.5 Å². The Morgan fingerprint density at radius 1 is 1.07 bits per heavy atom. The molecule has 2 N–H and O–H groups in total. The molecule has 0 bridgehead atoms. The highest BCUT2D eigenvalue weighted by atomic mass is 15.2. The van der Waals surface area contributed by atoms with Gasteiger partial charge >= 0.3 is 0 Å². The van der Waals surface area contributed by atoms with E-state index >= 15 is 0 Å². The van der Waals surface area contributed by atoms with Crippen LogP contribution in [-0.2, 0) is 19.4 Å². The van der Waals surface area contributed by atoms with Gasteiger partial charge in [0.15, 0.2) is 5.82 Å². The fourth-order valence-corrected chi connectivity index (χ4v) is 4.29. The van der Waals surface area contributed by atoms with E-state index in [0.29, 0.717) is 0 Å². The van der Waals surface area contributed by atoms with E-state index in [1.165, 1.54) is 34.4 Å². The number of aromatic nitrogens is 4. The number of aromatic amines is 2. The van der Waals surface area contributed by atoms with E-state index in [1.807, 2.05) is 0 Å². The highest BCUT2D eigenvalue weighted by Gasteiger charge is 2.23. The Balaban J connectivity index is 1.29. The summed E-state index contributed by atoms with van der Waals surface area (Å²) in [5, 5.41) is 7.88. The van der Waals surface area contributed by atoms with Gasteiger partial charge in [0.1, 0.15) is 5.69 Å². The van der Waals surface area contributed by atoms with Crippen LogP contribution in [0.5, 0.6) is 0 Å². The van der Waals surface area contributed by atoms with Gasteiger partial charge < -0.3 is 4.98 Å². The van der Waals surface area contributed by atoms with Gasteiger partial charge in [-0.05, 0) is 68.5 Å². The second kappa shape index (κ2) is 7.48. The van der Waals surface area contributed by atoms with E-state index in [2.05, 4.69) is 76.4 Å². The van der Waals surface area contributed by atoms with Crippen LogP contribution < -0.4 is 0 Å². The molecule has 5 heteroatoms. The molecule has 0 unspecified atom stereocenters. The van der Waals surface area contributed by atoms with Crippen LogP contribution in [0.1, 0.15) is 34.4 Å². The topological polar surface area (TPSA) is 60.6 Å².